The SMILES string of the molecule is O=C(Cn1cc(C(=O)NC2CCCCC2)ccc1=O)Nc1cccc(Cn2cccn2)c1. The van der Waals surface area contributed by atoms with Crippen LogP contribution in [0.5, 0.6) is 0 Å². The van der Waals surface area contributed by atoms with Crippen LogP contribution in [-0.2, 0) is 17.9 Å². The lowest BCUT2D eigenvalue weighted by Crippen LogP contribution is -2.37. The topological polar surface area (TPSA) is 98.0 Å². The first-order valence-electron chi connectivity index (χ1n) is 10.9. The Morgan fingerprint density at radius 2 is 1.91 bits per heavy atom. The van der Waals surface area contributed by atoms with Gasteiger partial charge in [0.25, 0.3) is 11.5 Å². The Labute approximate surface area is 186 Å². The van der Waals surface area contributed by atoms with Crippen molar-refractivity contribution in [2.75, 3.05) is 5.32 Å². The van der Waals surface area contributed by atoms with Crippen LogP contribution in [0.15, 0.2) is 65.8 Å². The van der Waals surface area contributed by atoms with E-state index in [9.17, 15) is 14.4 Å². The molecule has 1 saturated carbocycles. The molecular formula is C24H27N5O3. The Morgan fingerprint density at radius 1 is 1.06 bits per heavy atom. The molecule has 2 N–H and O–H groups in total. The normalized spacial score (nSPS) is 14.1. The summed E-state index contributed by atoms with van der Waals surface area (Å²) in [5.74, 6) is -0.550. The van der Waals surface area contributed by atoms with Crippen LogP contribution in [-0.4, -0.2) is 32.2 Å². The number of carbonyl (C=O) groups excluding carboxylic acids is 2. The molecule has 2 heterocycles. The van der Waals surface area contributed by atoms with Gasteiger partial charge in [0, 0.05) is 36.4 Å². The zero-order valence-corrected chi connectivity index (χ0v) is 17.9. The molecule has 0 saturated heterocycles. The van der Waals surface area contributed by atoms with Gasteiger partial charge in [-0.25, -0.2) is 0 Å². The van der Waals surface area contributed by atoms with Gasteiger partial charge in [0.15, 0.2) is 0 Å². The predicted molar refractivity (Wildman–Crippen MR) is 121 cm³/mol. The first-order valence-corrected chi connectivity index (χ1v) is 10.9. The number of nitrogens with zero attached hydrogens (tertiary/aromatic N) is 3. The molecule has 8 nitrogen and oxygen atoms in total. The van der Waals surface area contributed by atoms with Crippen molar-refractivity contribution in [1.82, 2.24) is 19.7 Å². The fraction of sp³-hybridized carbons (Fsp3) is 0.333. The van der Waals surface area contributed by atoms with Crippen LogP contribution in [0.1, 0.15) is 48.0 Å². The molecular weight excluding hydrogens is 406 g/mol. The number of carbonyl (C=O) groups is 2. The van der Waals surface area contributed by atoms with E-state index in [4.69, 9.17) is 0 Å². The van der Waals surface area contributed by atoms with Gasteiger partial charge in [-0.3, -0.25) is 19.1 Å². The summed E-state index contributed by atoms with van der Waals surface area (Å²) in [7, 11) is 0. The van der Waals surface area contributed by atoms with E-state index in [-0.39, 0.29) is 30.0 Å². The van der Waals surface area contributed by atoms with Crippen molar-refractivity contribution in [3.8, 4) is 0 Å². The van der Waals surface area contributed by atoms with Gasteiger partial charge < -0.3 is 15.2 Å². The lowest BCUT2D eigenvalue weighted by Gasteiger charge is -2.22. The summed E-state index contributed by atoms with van der Waals surface area (Å²) >= 11 is 0. The Bertz CT molecular complexity index is 1130. The summed E-state index contributed by atoms with van der Waals surface area (Å²) in [6, 6.07) is 12.3. The highest BCUT2D eigenvalue weighted by Gasteiger charge is 2.17. The second kappa shape index (κ2) is 10.1. The minimum absolute atomic E-state index is 0.174. The van der Waals surface area contributed by atoms with E-state index in [0.29, 0.717) is 17.8 Å². The van der Waals surface area contributed by atoms with Crippen LogP contribution in [0.2, 0.25) is 0 Å². The number of pyridine rings is 1. The number of hydrogen-bond donors (Lipinski definition) is 2. The monoisotopic (exact) mass is 433 g/mol. The molecule has 8 heteroatoms. The third-order valence-corrected chi connectivity index (χ3v) is 5.61. The molecule has 3 aromatic rings. The predicted octanol–water partition coefficient (Wildman–Crippen LogP) is 2.79. The minimum Gasteiger partial charge on any atom is -0.349 e. The molecule has 2 aromatic heterocycles. The number of hydrogen-bond acceptors (Lipinski definition) is 4. The Morgan fingerprint density at radius 3 is 2.69 bits per heavy atom. The molecule has 0 unspecified atom stereocenters. The van der Waals surface area contributed by atoms with E-state index < -0.39 is 0 Å². The van der Waals surface area contributed by atoms with Crippen molar-refractivity contribution >= 4 is 17.5 Å². The van der Waals surface area contributed by atoms with Gasteiger partial charge >= 0.3 is 0 Å². The average Bonchev–Trinajstić information content (AvgIpc) is 3.29. The number of aromatic nitrogens is 3. The van der Waals surface area contributed by atoms with Gasteiger partial charge in [-0.05, 0) is 42.7 Å². The maximum atomic E-state index is 12.6. The maximum Gasteiger partial charge on any atom is 0.252 e. The molecule has 0 spiro atoms. The van der Waals surface area contributed by atoms with Gasteiger partial charge in [0.05, 0.1) is 12.1 Å². The van der Waals surface area contributed by atoms with E-state index in [2.05, 4.69) is 15.7 Å². The first kappa shape index (κ1) is 21.5. The zero-order chi connectivity index (χ0) is 22.3. The Kier molecular flexibility index (Phi) is 6.79. The van der Waals surface area contributed by atoms with Crippen molar-refractivity contribution in [3.05, 3.63) is 82.5 Å². The summed E-state index contributed by atoms with van der Waals surface area (Å²) in [6.07, 6.45) is 10.4. The lowest BCUT2D eigenvalue weighted by molar-refractivity contribution is -0.116. The van der Waals surface area contributed by atoms with Gasteiger partial charge in [-0.15, -0.1) is 0 Å². The summed E-state index contributed by atoms with van der Waals surface area (Å²) in [5.41, 5.74) is 1.68. The molecule has 0 atom stereocenters. The van der Waals surface area contributed by atoms with Crippen molar-refractivity contribution in [3.63, 3.8) is 0 Å². The highest BCUT2D eigenvalue weighted by Crippen LogP contribution is 2.18. The van der Waals surface area contributed by atoms with Crippen LogP contribution in [0.25, 0.3) is 0 Å². The van der Waals surface area contributed by atoms with Crippen LogP contribution < -0.4 is 16.2 Å². The maximum absolute atomic E-state index is 12.6. The molecule has 166 valence electrons. The molecule has 2 amide bonds. The van der Waals surface area contributed by atoms with Gasteiger partial charge in [0.2, 0.25) is 5.91 Å². The first-order chi connectivity index (χ1) is 15.6. The highest BCUT2D eigenvalue weighted by atomic mass is 16.2. The molecule has 32 heavy (non-hydrogen) atoms. The van der Waals surface area contributed by atoms with Crippen LogP contribution in [0.3, 0.4) is 0 Å². The van der Waals surface area contributed by atoms with E-state index in [1.165, 1.54) is 29.3 Å². The van der Waals surface area contributed by atoms with Gasteiger partial charge in [0.1, 0.15) is 6.54 Å². The highest BCUT2D eigenvalue weighted by molar-refractivity contribution is 5.94. The van der Waals surface area contributed by atoms with Gasteiger partial charge in [-0.1, -0.05) is 31.4 Å². The van der Waals surface area contributed by atoms with Crippen molar-refractivity contribution < 1.29 is 9.59 Å². The number of nitrogens with one attached hydrogen (secondary N) is 2. The summed E-state index contributed by atoms with van der Waals surface area (Å²) in [4.78, 5) is 37.4. The molecule has 0 radical (unpaired) electrons. The molecule has 0 aliphatic heterocycles. The third kappa shape index (κ3) is 5.72. The lowest BCUT2D eigenvalue weighted by atomic mass is 9.95. The molecule has 1 aliphatic carbocycles. The fourth-order valence-corrected chi connectivity index (χ4v) is 3.99. The van der Waals surface area contributed by atoms with Gasteiger partial charge in [-0.2, -0.15) is 5.10 Å². The molecule has 1 fully saturated rings. The summed E-state index contributed by atoms with van der Waals surface area (Å²) in [6.45, 7) is 0.418. The zero-order valence-electron chi connectivity index (χ0n) is 17.9. The van der Waals surface area contributed by atoms with Crippen molar-refractivity contribution in [2.45, 2.75) is 51.2 Å². The largest absolute Gasteiger partial charge is 0.349 e. The van der Waals surface area contributed by atoms with E-state index in [1.54, 1.807) is 16.9 Å². The van der Waals surface area contributed by atoms with Crippen LogP contribution >= 0.6 is 0 Å². The summed E-state index contributed by atoms with van der Waals surface area (Å²) < 4.78 is 3.06. The number of rotatable bonds is 7. The molecule has 1 aliphatic rings. The average molecular weight is 434 g/mol. The molecule has 0 bridgehead atoms. The van der Waals surface area contributed by atoms with Crippen molar-refractivity contribution in [2.24, 2.45) is 0 Å². The molecule has 1 aromatic carbocycles. The third-order valence-electron chi connectivity index (χ3n) is 5.61. The Hall–Kier alpha value is -3.68. The number of benzene rings is 1. The second-order valence-corrected chi connectivity index (χ2v) is 8.14. The quantitative estimate of drug-likeness (QED) is 0.599. The molecule has 4 rings (SSSR count). The van der Waals surface area contributed by atoms with Crippen molar-refractivity contribution in [1.29, 1.82) is 0 Å². The minimum atomic E-state index is -0.340. The second-order valence-electron chi connectivity index (χ2n) is 8.14. The van der Waals surface area contributed by atoms with Crippen LogP contribution in [0, 0.1) is 0 Å². The fourth-order valence-electron chi connectivity index (χ4n) is 3.99. The van der Waals surface area contributed by atoms with E-state index in [1.807, 2.05) is 30.5 Å². The standard InChI is InChI=1S/C24H27N5O3/c30-22(26-21-9-4-6-18(14-21)15-29-13-5-12-25-29)17-28-16-19(10-11-23(28)31)24(32)27-20-7-2-1-3-8-20/h4-6,9-14,16,20H,1-3,7-8,15,17H2,(H,26,30)(H,27,32). The number of anilines is 1. The van der Waals surface area contributed by atoms with E-state index >= 15 is 0 Å². The summed E-state index contributed by atoms with van der Waals surface area (Å²) in [5, 5.41) is 10.0. The van der Waals surface area contributed by atoms with E-state index in [0.717, 1.165) is 31.2 Å². The number of amides is 2. The smallest absolute Gasteiger partial charge is 0.252 e. The van der Waals surface area contributed by atoms with Crippen LogP contribution in [0.4, 0.5) is 5.69 Å². The Balaban J connectivity index is 1.39.